The van der Waals surface area contributed by atoms with Gasteiger partial charge in [-0.2, -0.15) is 0 Å². The Balaban J connectivity index is 0.000000256. The first-order chi connectivity index (χ1) is 30.6. The standard InChI is InChI=1S/2C18H22O2.C12H26O6P2S4/c2*1-13(2)19-16-11-8-12-17(20-14(3)4)18(16)15-9-6-5-7-10-15;1-5-15-19(21,16-6-2)23-11-12(14-10-9-13-11)24-20(22,17-7-3)18-8-4/h2*5-14H,1-4H3;11-12H,5-10H2,1-4H3. The van der Waals surface area contributed by atoms with Crippen LogP contribution >= 0.6 is 34.2 Å². The highest BCUT2D eigenvalue weighted by Crippen LogP contribution is 2.68. The molecule has 0 aromatic heterocycles. The lowest BCUT2D eigenvalue weighted by Crippen LogP contribution is -2.34. The van der Waals surface area contributed by atoms with Gasteiger partial charge in [0.1, 0.15) is 33.9 Å². The van der Waals surface area contributed by atoms with Crippen LogP contribution in [0.15, 0.2) is 97.1 Å². The zero-order valence-electron chi connectivity index (χ0n) is 39.6. The van der Waals surface area contributed by atoms with Gasteiger partial charge in [0.25, 0.3) is 0 Å². The molecule has 1 saturated heterocycles. The highest BCUT2D eigenvalue weighted by atomic mass is 32.9. The first-order valence-corrected chi connectivity index (χ1v) is 30.2. The number of benzene rings is 4. The molecule has 0 amide bonds. The van der Waals surface area contributed by atoms with E-state index in [9.17, 15) is 0 Å². The lowest BCUT2D eigenvalue weighted by atomic mass is 10.0. The van der Waals surface area contributed by atoms with Gasteiger partial charge in [-0.3, -0.25) is 0 Å². The van der Waals surface area contributed by atoms with Crippen LogP contribution in [0.25, 0.3) is 22.3 Å². The second kappa shape index (κ2) is 29.6. The highest BCUT2D eigenvalue weighted by molar-refractivity contribution is 8.69. The molecule has 64 heavy (non-hydrogen) atoms. The van der Waals surface area contributed by atoms with Gasteiger partial charge in [-0.25, -0.2) is 0 Å². The Morgan fingerprint density at radius 2 is 0.719 bits per heavy atom. The van der Waals surface area contributed by atoms with Crippen molar-refractivity contribution in [1.29, 1.82) is 0 Å². The molecule has 5 rings (SSSR count). The average molecular weight is 997 g/mol. The molecule has 1 aliphatic heterocycles. The van der Waals surface area contributed by atoms with Crippen molar-refractivity contribution in [3.63, 3.8) is 0 Å². The fraction of sp³-hybridized carbons (Fsp3) is 0.500. The third-order valence-electron chi connectivity index (χ3n) is 8.04. The van der Waals surface area contributed by atoms with Crippen LogP contribution in [0, 0.1) is 0 Å². The minimum Gasteiger partial charge on any atom is -0.490 e. The van der Waals surface area contributed by atoms with Crippen molar-refractivity contribution >= 4 is 57.8 Å². The van der Waals surface area contributed by atoms with Crippen molar-refractivity contribution in [2.75, 3.05) is 39.6 Å². The van der Waals surface area contributed by atoms with Crippen LogP contribution in [0.2, 0.25) is 0 Å². The molecule has 1 aliphatic rings. The van der Waals surface area contributed by atoms with Crippen LogP contribution in [0.5, 0.6) is 23.0 Å². The monoisotopic (exact) mass is 996 g/mol. The molecular weight excluding hydrogens is 927 g/mol. The van der Waals surface area contributed by atoms with E-state index in [0.29, 0.717) is 39.6 Å². The van der Waals surface area contributed by atoms with E-state index < -0.39 is 11.4 Å². The van der Waals surface area contributed by atoms with E-state index in [1.807, 2.05) is 156 Å². The number of ether oxygens (including phenoxy) is 6. The number of hydrogen-bond donors (Lipinski definition) is 0. The molecule has 2 unspecified atom stereocenters. The molecule has 4 aromatic rings. The summed E-state index contributed by atoms with van der Waals surface area (Å²) < 4.78 is 58.2. The van der Waals surface area contributed by atoms with E-state index in [4.69, 9.17) is 70.1 Å². The molecule has 0 radical (unpaired) electrons. The lowest BCUT2D eigenvalue weighted by Gasteiger charge is -2.35. The van der Waals surface area contributed by atoms with Crippen LogP contribution < -0.4 is 18.9 Å². The third-order valence-corrected chi connectivity index (χ3v) is 19.1. The summed E-state index contributed by atoms with van der Waals surface area (Å²) in [6.07, 6.45) is 0.525. The van der Waals surface area contributed by atoms with Gasteiger partial charge < -0.3 is 46.5 Å². The molecule has 1 heterocycles. The second-order valence-electron chi connectivity index (χ2n) is 14.9. The summed E-state index contributed by atoms with van der Waals surface area (Å²) in [4.78, 5) is 0. The largest absolute Gasteiger partial charge is 0.490 e. The van der Waals surface area contributed by atoms with E-state index in [0.717, 1.165) is 45.3 Å². The Bertz CT molecular complexity index is 1790. The predicted molar refractivity (Wildman–Crippen MR) is 277 cm³/mol. The zero-order valence-corrected chi connectivity index (χ0v) is 44.6. The lowest BCUT2D eigenvalue weighted by molar-refractivity contribution is -0.0654. The van der Waals surface area contributed by atoms with Crippen molar-refractivity contribution in [2.24, 2.45) is 0 Å². The van der Waals surface area contributed by atoms with Gasteiger partial charge >= 0.3 is 0 Å². The minimum absolute atomic E-state index is 0.131. The molecule has 0 bridgehead atoms. The summed E-state index contributed by atoms with van der Waals surface area (Å²) in [5.41, 5.74) is -1.39. The summed E-state index contributed by atoms with van der Waals surface area (Å²) >= 11 is 13.9. The van der Waals surface area contributed by atoms with Crippen LogP contribution in [-0.2, 0) is 51.2 Å². The van der Waals surface area contributed by atoms with Crippen molar-refractivity contribution in [3.8, 4) is 45.3 Å². The molecular formula is C48H70O10P2S4. The van der Waals surface area contributed by atoms with E-state index in [-0.39, 0.29) is 35.3 Å². The predicted octanol–water partition coefficient (Wildman–Crippen LogP) is 14.6. The minimum atomic E-state index is -2.49. The third kappa shape index (κ3) is 19.6. The second-order valence-corrected chi connectivity index (χ2v) is 27.5. The summed E-state index contributed by atoms with van der Waals surface area (Å²) in [6, 6.07) is 32.4. The molecule has 0 N–H and O–H groups in total. The summed E-state index contributed by atoms with van der Waals surface area (Å²) in [5.74, 6) is 3.46. The van der Waals surface area contributed by atoms with Gasteiger partial charge in [0.2, 0.25) is 11.4 Å². The van der Waals surface area contributed by atoms with Gasteiger partial charge in [0, 0.05) is 0 Å². The maximum atomic E-state index is 5.94. The van der Waals surface area contributed by atoms with Gasteiger partial charge in [0.15, 0.2) is 0 Å². The molecule has 0 saturated carbocycles. The van der Waals surface area contributed by atoms with Gasteiger partial charge in [-0.15, -0.1) is 0 Å². The average Bonchev–Trinajstić information content (AvgIpc) is 3.22. The van der Waals surface area contributed by atoms with Crippen molar-refractivity contribution in [1.82, 2.24) is 0 Å². The molecule has 16 heteroatoms. The van der Waals surface area contributed by atoms with Crippen molar-refractivity contribution in [3.05, 3.63) is 97.1 Å². The molecule has 10 nitrogen and oxygen atoms in total. The number of rotatable bonds is 22. The Kier molecular flexibility index (Phi) is 25.9. The first kappa shape index (κ1) is 56.2. The summed E-state index contributed by atoms with van der Waals surface area (Å²) in [7, 11) is 0. The molecule has 2 atom stereocenters. The molecule has 1 fully saturated rings. The number of hydrogen-bond acceptors (Lipinski definition) is 14. The fourth-order valence-corrected chi connectivity index (χ4v) is 16.9. The van der Waals surface area contributed by atoms with Crippen LogP contribution in [0.4, 0.5) is 0 Å². The van der Waals surface area contributed by atoms with Gasteiger partial charge in [-0.1, -0.05) is 72.8 Å². The Labute approximate surface area is 402 Å². The Morgan fingerprint density at radius 1 is 0.453 bits per heavy atom. The maximum Gasteiger partial charge on any atom is 0.249 e. The zero-order chi connectivity index (χ0) is 47.1. The van der Waals surface area contributed by atoms with E-state index in [1.165, 1.54) is 22.8 Å². The quantitative estimate of drug-likeness (QED) is 0.0700. The normalized spacial score (nSPS) is 15.3. The molecule has 0 spiro atoms. The van der Waals surface area contributed by atoms with Crippen molar-refractivity contribution < 1.29 is 46.5 Å². The molecule has 356 valence electrons. The summed E-state index contributed by atoms with van der Waals surface area (Å²) in [5, 5.41) is 0. The summed E-state index contributed by atoms with van der Waals surface area (Å²) in [6.45, 7) is 26.8. The fourth-order valence-electron chi connectivity index (χ4n) is 5.94. The van der Waals surface area contributed by atoms with Crippen molar-refractivity contribution in [2.45, 2.75) is 118 Å². The highest BCUT2D eigenvalue weighted by Gasteiger charge is 2.39. The smallest absolute Gasteiger partial charge is 0.249 e. The Morgan fingerprint density at radius 3 is 0.953 bits per heavy atom. The van der Waals surface area contributed by atoms with Crippen LogP contribution in [-0.4, -0.2) is 74.9 Å². The Hall–Kier alpha value is -2.16. The van der Waals surface area contributed by atoms with Crippen LogP contribution in [0.3, 0.4) is 0 Å². The maximum absolute atomic E-state index is 5.94. The SMILES string of the molecule is CC(C)Oc1cccc(OC(C)C)c1-c1ccccc1.CC(C)Oc1cccc(OC(C)C)c1-c1ccccc1.CCOP(=S)(OCC)SC1OCCOC1SP(=S)(OCC)OCC. The van der Waals surface area contributed by atoms with Crippen LogP contribution in [0.1, 0.15) is 83.1 Å². The first-order valence-electron chi connectivity index (χ1n) is 22.0. The molecule has 0 aliphatic carbocycles. The van der Waals surface area contributed by atoms with Gasteiger partial charge in [-0.05, 0) is 165 Å². The molecule has 4 aromatic carbocycles. The topological polar surface area (TPSA) is 92.3 Å². The van der Waals surface area contributed by atoms with E-state index in [1.54, 1.807) is 0 Å². The van der Waals surface area contributed by atoms with Gasteiger partial charge in [0.05, 0.1) is 75.2 Å². The van der Waals surface area contributed by atoms with E-state index >= 15 is 0 Å². The van der Waals surface area contributed by atoms with E-state index in [2.05, 4.69) is 24.3 Å².